The lowest BCUT2D eigenvalue weighted by Crippen LogP contribution is -2.38. The molecule has 1 amide bonds. The molecule has 5 nitrogen and oxygen atoms in total. The third kappa shape index (κ3) is 4.50. The predicted molar refractivity (Wildman–Crippen MR) is 142 cm³/mol. The van der Waals surface area contributed by atoms with Gasteiger partial charge in [-0.3, -0.25) is 14.5 Å². The topological polar surface area (TPSA) is 58.6 Å². The van der Waals surface area contributed by atoms with Crippen molar-refractivity contribution in [2.75, 3.05) is 10.2 Å². The number of hydrogen-bond donors (Lipinski definition) is 1. The summed E-state index contributed by atoms with van der Waals surface area (Å²) in [5.41, 5.74) is 3.76. The Morgan fingerprint density at radius 1 is 1.03 bits per heavy atom. The number of ether oxygens (including phenoxy) is 1. The van der Waals surface area contributed by atoms with Crippen LogP contribution in [-0.4, -0.2) is 11.7 Å². The molecule has 1 heterocycles. The molecule has 2 aliphatic rings. The number of halogens is 1. The summed E-state index contributed by atoms with van der Waals surface area (Å²) in [7, 11) is 0. The van der Waals surface area contributed by atoms with Crippen molar-refractivity contribution in [2.24, 2.45) is 5.41 Å². The number of rotatable bonds is 3. The molecule has 3 aromatic rings. The van der Waals surface area contributed by atoms with Gasteiger partial charge in [0.1, 0.15) is 11.5 Å². The smallest absolute Gasteiger partial charge is 0.224 e. The van der Waals surface area contributed by atoms with Gasteiger partial charge in [0.15, 0.2) is 5.78 Å². The Morgan fingerprint density at radius 3 is 2.54 bits per heavy atom. The van der Waals surface area contributed by atoms with Crippen LogP contribution in [0.1, 0.15) is 45.2 Å². The zero-order chi connectivity index (χ0) is 24.7. The fraction of sp³-hybridized carbons (Fsp3) is 0.241. The number of hydrogen-bond acceptors (Lipinski definition) is 4. The standard InChI is InChI=1S/C29H27BrN2O3/c1-18(33)32-24-13-6-5-12-22(24)31-23-16-29(2,3)17-25(34)27(23)28(32)19-9-8-10-20(15-19)35-26-14-7-4-11-21(26)30/h4-15,28,31H,16-17H2,1-3H3. The molecule has 3 aromatic carbocycles. The fourth-order valence-electron chi connectivity index (χ4n) is 5.05. The number of carbonyl (C=O) groups excluding carboxylic acids is 2. The van der Waals surface area contributed by atoms with Crippen LogP contribution in [-0.2, 0) is 9.59 Å². The Bertz CT molecular complexity index is 1360. The van der Waals surface area contributed by atoms with Gasteiger partial charge < -0.3 is 10.1 Å². The summed E-state index contributed by atoms with van der Waals surface area (Å²) in [6, 6.07) is 22.5. The van der Waals surface area contributed by atoms with Crippen LogP contribution in [0.15, 0.2) is 88.5 Å². The molecule has 35 heavy (non-hydrogen) atoms. The number of ketones is 1. The van der Waals surface area contributed by atoms with Crippen LogP contribution < -0.4 is 15.0 Å². The van der Waals surface area contributed by atoms with Crippen LogP contribution in [0.5, 0.6) is 11.5 Å². The van der Waals surface area contributed by atoms with Gasteiger partial charge in [-0.2, -0.15) is 0 Å². The summed E-state index contributed by atoms with van der Waals surface area (Å²) in [6.45, 7) is 5.77. The van der Waals surface area contributed by atoms with Gasteiger partial charge in [-0.1, -0.05) is 50.2 Å². The molecule has 5 rings (SSSR count). The number of fused-ring (bicyclic) bond motifs is 1. The number of para-hydroxylation sites is 3. The molecule has 0 bridgehead atoms. The fourth-order valence-corrected chi connectivity index (χ4v) is 5.42. The SMILES string of the molecule is CC(=O)N1c2ccccc2NC2=C(C(=O)CC(C)(C)C2)C1c1cccc(Oc2ccccc2Br)c1. The maximum Gasteiger partial charge on any atom is 0.224 e. The van der Waals surface area contributed by atoms with Gasteiger partial charge in [0.25, 0.3) is 0 Å². The first-order valence-corrected chi connectivity index (χ1v) is 12.5. The molecule has 1 N–H and O–H groups in total. The van der Waals surface area contributed by atoms with Crippen molar-refractivity contribution in [3.05, 3.63) is 94.1 Å². The molecule has 178 valence electrons. The van der Waals surface area contributed by atoms with Crippen LogP contribution in [0.2, 0.25) is 0 Å². The van der Waals surface area contributed by atoms with Crippen LogP contribution in [0.3, 0.4) is 0 Å². The van der Waals surface area contributed by atoms with E-state index < -0.39 is 6.04 Å². The van der Waals surface area contributed by atoms with E-state index in [0.717, 1.165) is 33.5 Å². The maximum absolute atomic E-state index is 13.6. The molecule has 6 heteroatoms. The Morgan fingerprint density at radius 2 is 1.77 bits per heavy atom. The minimum atomic E-state index is -0.565. The molecular formula is C29H27BrN2O3. The molecule has 1 aliphatic heterocycles. The van der Waals surface area contributed by atoms with E-state index in [1.54, 1.807) is 11.8 Å². The van der Waals surface area contributed by atoms with E-state index in [0.29, 0.717) is 23.5 Å². The lowest BCUT2D eigenvalue weighted by molar-refractivity contribution is -0.118. The highest BCUT2D eigenvalue weighted by atomic mass is 79.9. The van der Waals surface area contributed by atoms with E-state index in [9.17, 15) is 9.59 Å². The van der Waals surface area contributed by atoms with Crippen LogP contribution in [0.4, 0.5) is 11.4 Å². The van der Waals surface area contributed by atoms with Crippen molar-refractivity contribution in [3.63, 3.8) is 0 Å². The number of benzene rings is 3. The second-order valence-electron chi connectivity index (χ2n) is 9.87. The number of nitrogens with zero attached hydrogens (tertiary/aromatic N) is 1. The van der Waals surface area contributed by atoms with E-state index in [1.807, 2.05) is 72.8 Å². The van der Waals surface area contributed by atoms with Crippen molar-refractivity contribution in [1.82, 2.24) is 0 Å². The van der Waals surface area contributed by atoms with Crippen LogP contribution >= 0.6 is 15.9 Å². The Kier molecular flexibility index (Phi) is 6.01. The third-order valence-corrected chi connectivity index (χ3v) is 7.13. The van der Waals surface area contributed by atoms with Gasteiger partial charge in [-0.25, -0.2) is 0 Å². The summed E-state index contributed by atoms with van der Waals surface area (Å²) in [6.07, 6.45) is 1.15. The van der Waals surface area contributed by atoms with Gasteiger partial charge in [0.2, 0.25) is 5.91 Å². The number of allylic oxidation sites excluding steroid dienone is 1. The number of Topliss-reactive ketones (excluding diaryl/α,β-unsaturated/α-hetero) is 1. The van der Waals surface area contributed by atoms with Crippen LogP contribution in [0, 0.1) is 5.41 Å². The van der Waals surface area contributed by atoms with Crippen molar-refractivity contribution in [3.8, 4) is 11.5 Å². The zero-order valence-electron chi connectivity index (χ0n) is 20.0. The molecule has 0 aromatic heterocycles. The van der Waals surface area contributed by atoms with Gasteiger partial charge in [-0.15, -0.1) is 0 Å². The van der Waals surface area contributed by atoms with Crippen molar-refractivity contribution in [1.29, 1.82) is 0 Å². The molecule has 0 saturated heterocycles. The molecule has 1 aliphatic carbocycles. The number of anilines is 2. The van der Waals surface area contributed by atoms with Crippen LogP contribution in [0.25, 0.3) is 0 Å². The Balaban J connectivity index is 1.68. The summed E-state index contributed by atoms with van der Waals surface area (Å²) >= 11 is 3.53. The number of carbonyl (C=O) groups is 2. The lowest BCUT2D eigenvalue weighted by atomic mass is 9.73. The number of amides is 1. The monoisotopic (exact) mass is 530 g/mol. The van der Waals surface area contributed by atoms with E-state index >= 15 is 0 Å². The summed E-state index contributed by atoms with van der Waals surface area (Å²) < 4.78 is 7.01. The summed E-state index contributed by atoms with van der Waals surface area (Å²) in [5, 5.41) is 3.52. The summed E-state index contributed by atoms with van der Waals surface area (Å²) in [5.74, 6) is 1.25. The normalized spacial score (nSPS) is 18.8. The molecule has 0 fully saturated rings. The molecule has 1 unspecified atom stereocenters. The third-order valence-electron chi connectivity index (χ3n) is 6.48. The van der Waals surface area contributed by atoms with E-state index in [2.05, 4.69) is 35.1 Å². The van der Waals surface area contributed by atoms with Crippen molar-refractivity contribution in [2.45, 2.75) is 39.7 Å². The highest BCUT2D eigenvalue weighted by molar-refractivity contribution is 9.10. The quantitative estimate of drug-likeness (QED) is 0.383. The highest BCUT2D eigenvalue weighted by Gasteiger charge is 2.42. The molecule has 0 spiro atoms. The largest absolute Gasteiger partial charge is 0.456 e. The lowest BCUT2D eigenvalue weighted by Gasteiger charge is -2.36. The van der Waals surface area contributed by atoms with E-state index in [-0.39, 0.29) is 17.1 Å². The first-order chi connectivity index (χ1) is 16.7. The Labute approximate surface area is 213 Å². The minimum Gasteiger partial charge on any atom is -0.456 e. The zero-order valence-corrected chi connectivity index (χ0v) is 21.6. The predicted octanol–water partition coefficient (Wildman–Crippen LogP) is 7.40. The molecule has 1 atom stereocenters. The van der Waals surface area contributed by atoms with Gasteiger partial charge in [0, 0.05) is 24.6 Å². The molecular weight excluding hydrogens is 504 g/mol. The second kappa shape index (κ2) is 9.00. The average Bonchev–Trinajstić information content (AvgIpc) is 2.94. The first kappa shape index (κ1) is 23.4. The van der Waals surface area contributed by atoms with E-state index in [1.165, 1.54) is 0 Å². The van der Waals surface area contributed by atoms with Gasteiger partial charge in [-0.05, 0) is 69.7 Å². The second-order valence-corrected chi connectivity index (χ2v) is 10.7. The van der Waals surface area contributed by atoms with Gasteiger partial charge >= 0.3 is 0 Å². The summed E-state index contributed by atoms with van der Waals surface area (Å²) in [4.78, 5) is 28.5. The minimum absolute atomic E-state index is 0.0601. The highest BCUT2D eigenvalue weighted by Crippen LogP contribution is 2.48. The average molecular weight is 531 g/mol. The molecule has 0 radical (unpaired) electrons. The van der Waals surface area contributed by atoms with Crippen molar-refractivity contribution >= 4 is 39.0 Å². The number of nitrogens with one attached hydrogen (secondary N) is 1. The van der Waals surface area contributed by atoms with Crippen molar-refractivity contribution < 1.29 is 14.3 Å². The van der Waals surface area contributed by atoms with Gasteiger partial charge in [0.05, 0.1) is 21.9 Å². The van der Waals surface area contributed by atoms with E-state index in [4.69, 9.17) is 4.74 Å². The Hall–Kier alpha value is -3.38. The maximum atomic E-state index is 13.6. The molecule has 0 saturated carbocycles. The first-order valence-electron chi connectivity index (χ1n) is 11.7.